The molecule has 1 N–H and O–H groups in total. The molecule has 1 aliphatic rings. The Morgan fingerprint density at radius 3 is 1.49 bits per heavy atom. The van der Waals surface area contributed by atoms with Gasteiger partial charge in [0.15, 0.2) is 5.82 Å². The summed E-state index contributed by atoms with van der Waals surface area (Å²) < 4.78 is 26.8. The van der Waals surface area contributed by atoms with Gasteiger partial charge in [0.1, 0.15) is 16.5 Å². The summed E-state index contributed by atoms with van der Waals surface area (Å²) in [7, 11) is 1.70. The van der Waals surface area contributed by atoms with Crippen LogP contribution in [0.25, 0.3) is 11.4 Å². The zero-order chi connectivity index (χ0) is 22.7. The number of nitrogens with one attached hydrogen (secondary N) is 1. The van der Waals surface area contributed by atoms with Crippen LogP contribution in [-0.2, 0) is 0 Å². The van der Waals surface area contributed by atoms with E-state index in [1.807, 2.05) is 0 Å². The maximum Gasteiger partial charge on any atom is 0.321 e. The predicted molar refractivity (Wildman–Crippen MR) is 243 cm³/mol. The molecule has 318 valence electrons. The second-order valence-electron chi connectivity index (χ2n) is 7.38. The van der Waals surface area contributed by atoms with Crippen molar-refractivity contribution < 1.29 is 18.4 Å². The molecule has 3 aromatic rings. The lowest BCUT2D eigenvalue weighted by atomic mass is 10.0. The van der Waals surface area contributed by atoms with Gasteiger partial charge in [-0.3, -0.25) is 9.78 Å². The lowest BCUT2D eigenvalue weighted by Gasteiger charge is -2.36. The molecular weight excluding hydrogens is 667 g/mol. The fraction of sp³-hybridized carbons (Fsp3) is 0.625. The minimum atomic E-state index is -0.720. The third-order valence-electron chi connectivity index (χ3n) is 5.29. The van der Waals surface area contributed by atoms with Crippen molar-refractivity contribution in [3.63, 3.8) is 0 Å². The molecule has 3 heterocycles. The first-order valence-corrected chi connectivity index (χ1v) is 10.8. The van der Waals surface area contributed by atoms with Crippen LogP contribution < -0.4 is 5.32 Å². The first kappa shape index (κ1) is 104. The average Bonchev–Trinajstić information content (AvgIpc) is 3.33. The number of hydrogen-bond donors (Lipinski definition) is 1. The van der Waals surface area contributed by atoms with E-state index in [2.05, 4.69) is 20.3 Å². The standard InChI is InChI=1S/C21H20F2N6O2S.19CH4/c1-28(17-2-4-29(5-3-17)20(30)18-11-24-12-32-18)21(31)27-16-9-25-19(26-10-16)13-6-14(22)8-15(23)7-13;;;;;;;;;;;;;;;;;;;/h6-12,17H,2-5H2,1H3,(H,27,31);19*1H4. The van der Waals surface area contributed by atoms with E-state index in [4.69, 9.17) is 0 Å². The van der Waals surface area contributed by atoms with Gasteiger partial charge in [0.05, 0.1) is 29.8 Å². The maximum absolute atomic E-state index is 13.4. The monoisotopic (exact) mass is 763 g/mol. The zero-order valence-corrected chi connectivity index (χ0v) is 18.0. The van der Waals surface area contributed by atoms with Crippen LogP contribution in [0.2, 0.25) is 0 Å². The van der Waals surface area contributed by atoms with Gasteiger partial charge in [0, 0.05) is 37.8 Å². The van der Waals surface area contributed by atoms with Crippen LogP contribution >= 0.6 is 11.3 Å². The number of hydrogen-bond acceptors (Lipinski definition) is 6. The second-order valence-corrected chi connectivity index (χ2v) is 8.27. The molecule has 1 aliphatic heterocycles. The molecule has 3 amide bonds. The lowest BCUT2D eigenvalue weighted by molar-refractivity contribution is 0.0676. The number of anilines is 1. The van der Waals surface area contributed by atoms with Crippen molar-refractivity contribution in [2.45, 2.75) is 160 Å². The number of benzene rings is 1. The Hall–Kier alpha value is -3.47. The number of halogens is 2. The number of aromatic nitrogens is 3. The third kappa shape index (κ3) is 26.0. The molecule has 0 unspecified atom stereocenters. The van der Waals surface area contributed by atoms with Crippen LogP contribution in [0.5, 0.6) is 0 Å². The van der Waals surface area contributed by atoms with E-state index >= 15 is 0 Å². The van der Waals surface area contributed by atoms with Gasteiger partial charge in [-0.25, -0.2) is 23.5 Å². The minimum Gasteiger partial charge on any atom is -0.338 e. The van der Waals surface area contributed by atoms with Crippen molar-refractivity contribution >= 4 is 29.0 Å². The predicted octanol–water partition coefficient (Wildman–Crippen LogP) is 15.7. The Kier molecular flexibility index (Phi) is 94.4. The molecule has 0 radical (unpaired) electrons. The highest BCUT2D eigenvalue weighted by Crippen LogP contribution is 2.21. The maximum atomic E-state index is 13.4. The normalized spacial score (nSPS) is 8.96. The number of rotatable bonds is 4. The first-order chi connectivity index (χ1) is 15.4. The van der Waals surface area contributed by atoms with Crippen molar-refractivity contribution in [1.82, 2.24) is 24.8 Å². The number of nitrogens with zero attached hydrogens (tertiary/aromatic N) is 5. The van der Waals surface area contributed by atoms with Gasteiger partial charge < -0.3 is 15.1 Å². The molecule has 8 nitrogen and oxygen atoms in total. The summed E-state index contributed by atoms with van der Waals surface area (Å²) in [5.41, 5.74) is 2.20. The molecule has 51 heavy (non-hydrogen) atoms. The van der Waals surface area contributed by atoms with E-state index in [0.29, 0.717) is 36.5 Å². The SMILES string of the molecule is C.C.C.C.C.C.C.C.C.C.C.C.C.C.C.C.C.C.C.CN(C(=O)Nc1cnc(-c2cc(F)cc(F)c2)nc1)C1CCN(C(=O)c2cncs2)CC1. The van der Waals surface area contributed by atoms with Crippen LogP contribution in [0.4, 0.5) is 19.3 Å². The molecule has 11 heteroatoms. The lowest BCUT2D eigenvalue weighted by Crippen LogP contribution is -2.48. The average molecular weight is 763 g/mol. The Morgan fingerprint density at radius 1 is 0.706 bits per heavy atom. The molecule has 0 saturated carbocycles. The van der Waals surface area contributed by atoms with Gasteiger partial charge in [-0.2, -0.15) is 0 Å². The summed E-state index contributed by atoms with van der Waals surface area (Å²) in [6.07, 6.45) is 5.65. The van der Waals surface area contributed by atoms with E-state index in [-0.39, 0.29) is 170 Å². The van der Waals surface area contributed by atoms with Crippen molar-refractivity contribution in [3.05, 3.63) is 58.8 Å². The fourth-order valence-electron chi connectivity index (χ4n) is 3.54. The highest BCUT2D eigenvalue weighted by atomic mass is 32.1. The van der Waals surface area contributed by atoms with Crippen LogP contribution in [0.3, 0.4) is 0 Å². The van der Waals surface area contributed by atoms with Crippen molar-refractivity contribution in [2.24, 2.45) is 0 Å². The highest BCUT2D eigenvalue weighted by molar-refractivity contribution is 7.11. The van der Waals surface area contributed by atoms with Gasteiger partial charge in [-0.1, -0.05) is 141 Å². The molecule has 0 bridgehead atoms. The van der Waals surface area contributed by atoms with E-state index in [9.17, 15) is 18.4 Å². The number of carbonyl (C=O) groups is 2. The molecule has 1 fully saturated rings. The zero-order valence-electron chi connectivity index (χ0n) is 17.2. The van der Waals surface area contributed by atoms with Gasteiger partial charge in [0.25, 0.3) is 5.91 Å². The third-order valence-corrected chi connectivity index (χ3v) is 6.05. The number of thiazole rings is 1. The van der Waals surface area contributed by atoms with E-state index in [0.717, 1.165) is 18.2 Å². The summed E-state index contributed by atoms with van der Waals surface area (Å²) in [4.78, 5) is 41.2. The summed E-state index contributed by atoms with van der Waals surface area (Å²) in [5.74, 6) is -1.33. The second kappa shape index (κ2) is 46.5. The molecule has 0 aliphatic carbocycles. The van der Waals surface area contributed by atoms with Gasteiger partial charge >= 0.3 is 6.03 Å². The van der Waals surface area contributed by atoms with Crippen LogP contribution in [0.15, 0.2) is 42.3 Å². The largest absolute Gasteiger partial charge is 0.338 e. The summed E-state index contributed by atoms with van der Waals surface area (Å²) in [6, 6.07) is 2.70. The van der Waals surface area contributed by atoms with Crippen molar-refractivity contribution in [3.8, 4) is 11.4 Å². The topological polar surface area (TPSA) is 91.3 Å². The molecular formula is C40H96F2N6O2S. The Bertz CT molecular complexity index is 1090. The number of likely N-dealkylation sites (tertiary alicyclic amines) is 1. The van der Waals surface area contributed by atoms with E-state index in [1.54, 1.807) is 28.6 Å². The quantitative estimate of drug-likeness (QED) is 0.286. The van der Waals surface area contributed by atoms with Gasteiger partial charge in [-0.05, 0) is 25.0 Å². The minimum absolute atomic E-state index is 0. The molecule has 1 saturated heterocycles. The van der Waals surface area contributed by atoms with Crippen LogP contribution in [0, 0.1) is 11.6 Å². The molecule has 1 aromatic carbocycles. The number of amides is 3. The first-order valence-electron chi connectivity index (χ1n) is 9.91. The summed E-state index contributed by atoms with van der Waals surface area (Å²) in [5, 5.41) is 2.72. The Balaban J connectivity index is -0.0000000461. The summed E-state index contributed by atoms with van der Waals surface area (Å²) >= 11 is 1.31. The van der Waals surface area contributed by atoms with E-state index in [1.165, 1.54) is 23.7 Å². The van der Waals surface area contributed by atoms with Crippen LogP contribution in [0.1, 0.15) is 164 Å². The van der Waals surface area contributed by atoms with Crippen molar-refractivity contribution in [1.29, 1.82) is 0 Å². The fourth-order valence-corrected chi connectivity index (χ4v) is 4.12. The highest BCUT2D eigenvalue weighted by Gasteiger charge is 2.28. The van der Waals surface area contributed by atoms with Crippen molar-refractivity contribution in [2.75, 3.05) is 25.5 Å². The van der Waals surface area contributed by atoms with Crippen LogP contribution in [-0.4, -0.2) is 62.9 Å². The number of piperidine rings is 1. The molecule has 0 spiro atoms. The summed E-state index contributed by atoms with van der Waals surface area (Å²) in [6.45, 7) is 1.11. The smallest absolute Gasteiger partial charge is 0.321 e. The molecule has 4 rings (SSSR count). The number of carbonyl (C=O) groups excluding carboxylic acids is 2. The Labute approximate surface area is 327 Å². The van der Waals surface area contributed by atoms with Gasteiger partial charge in [0.2, 0.25) is 0 Å². The van der Waals surface area contributed by atoms with E-state index < -0.39 is 11.6 Å². The Morgan fingerprint density at radius 2 is 1.12 bits per heavy atom. The number of urea groups is 1. The molecule has 0 atom stereocenters. The van der Waals surface area contributed by atoms with Gasteiger partial charge in [-0.15, -0.1) is 11.3 Å². The molecule has 2 aromatic heterocycles.